The van der Waals surface area contributed by atoms with Gasteiger partial charge in [0.25, 0.3) is 0 Å². The van der Waals surface area contributed by atoms with Crippen LogP contribution in [0.25, 0.3) is 44.5 Å². The van der Waals surface area contributed by atoms with Crippen LogP contribution in [0.4, 0.5) is 17.1 Å². The predicted octanol–water partition coefficient (Wildman–Crippen LogP) is 14.1. The number of nitrogens with zero attached hydrogens (tertiary/aromatic N) is 1. The first-order chi connectivity index (χ1) is 26.4. The van der Waals surface area contributed by atoms with Gasteiger partial charge in [-0.3, -0.25) is 0 Å². The number of hydrogen-bond donors (Lipinski definition) is 0. The molecule has 2 aliphatic rings. The number of benzene rings is 8. The second-order valence-corrected chi connectivity index (χ2v) is 15.7. The Bertz CT molecular complexity index is 2630. The molecule has 0 radical (unpaired) electrons. The maximum atomic E-state index is 2.51. The van der Waals surface area contributed by atoms with Gasteiger partial charge in [0.15, 0.2) is 0 Å². The van der Waals surface area contributed by atoms with E-state index in [0.717, 1.165) is 17.1 Å². The molecular formula is C53H41N. The molecule has 10 rings (SSSR count). The van der Waals surface area contributed by atoms with E-state index in [-0.39, 0.29) is 5.41 Å². The monoisotopic (exact) mass is 691 g/mol. The van der Waals surface area contributed by atoms with Gasteiger partial charge in [-0.05, 0) is 103 Å². The minimum Gasteiger partial charge on any atom is -0.310 e. The average molecular weight is 692 g/mol. The van der Waals surface area contributed by atoms with Crippen LogP contribution in [-0.4, -0.2) is 0 Å². The van der Waals surface area contributed by atoms with Gasteiger partial charge in [-0.1, -0.05) is 185 Å². The molecular weight excluding hydrogens is 651 g/mol. The lowest BCUT2D eigenvalue weighted by molar-refractivity contribution is 0.588. The van der Waals surface area contributed by atoms with Gasteiger partial charge in [-0.2, -0.15) is 0 Å². The van der Waals surface area contributed by atoms with Crippen molar-refractivity contribution >= 4 is 17.1 Å². The fourth-order valence-electron chi connectivity index (χ4n) is 9.12. The molecule has 258 valence electrons. The van der Waals surface area contributed by atoms with Crippen molar-refractivity contribution in [3.63, 3.8) is 0 Å². The summed E-state index contributed by atoms with van der Waals surface area (Å²) < 4.78 is 0. The van der Waals surface area contributed by atoms with E-state index in [9.17, 15) is 0 Å². The summed E-state index contributed by atoms with van der Waals surface area (Å²) in [5.41, 5.74) is 19.8. The molecule has 8 aromatic carbocycles. The largest absolute Gasteiger partial charge is 0.310 e. The predicted molar refractivity (Wildman–Crippen MR) is 227 cm³/mol. The zero-order chi connectivity index (χ0) is 36.4. The Hall–Kier alpha value is -6.44. The summed E-state index contributed by atoms with van der Waals surface area (Å²) >= 11 is 0. The fourth-order valence-corrected chi connectivity index (χ4v) is 9.12. The summed E-state index contributed by atoms with van der Waals surface area (Å²) in [6.07, 6.45) is 0. The van der Waals surface area contributed by atoms with E-state index in [1.54, 1.807) is 0 Å². The number of hydrogen-bond acceptors (Lipinski definition) is 1. The van der Waals surface area contributed by atoms with Gasteiger partial charge in [0.2, 0.25) is 0 Å². The summed E-state index contributed by atoms with van der Waals surface area (Å²) in [6, 6.07) is 71.9. The Morgan fingerprint density at radius 2 is 0.815 bits per heavy atom. The summed E-state index contributed by atoms with van der Waals surface area (Å²) in [6.45, 7) is 6.97. The lowest BCUT2D eigenvalue weighted by Crippen LogP contribution is -2.27. The molecule has 0 fully saturated rings. The van der Waals surface area contributed by atoms with E-state index in [2.05, 4.69) is 220 Å². The molecule has 0 saturated carbocycles. The van der Waals surface area contributed by atoms with Gasteiger partial charge >= 0.3 is 0 Å². The fraction of sp³-hybridized carbons (Fsp3) is 0.0943. The van der Waals surface area contributed by atoms with Gasteiger partial charge in [0.05, 0.1) is 11.1 Å². The second-order valence-electron chi connectivity index (χ2n) is 15.7. The van der Waals surface area contributed by atoms with Crippen LogP contribution in [0, 0.1) is 0 Å². The van der Waals surface area contributed by atoms with Crippen molar-refractivity contribution in [2.24, 2.45) is 0 Å². The smallest absolute Gasteiger partial charge is 0.0726 e. The SMILES string of the molecule is CC(C)(C)c1ccc2c(c1)C1(c3ccccc3-c3ccccc31)c1cc(N(c3ccc(-c4ccccc4)cc3)c3ccccc3-c3ccccc3)ccc1-2. The molecule has 0 N–H and O–H groups in total. The first kappa shape index (κ1) is 32.2. The van der Waals surface area contributed by atoms with Crippen LogP contribution in [0.15, 0.2) is 194 Å². The van der Waals surface area contributed by atoms with E-state index in [1.165, 1.54) is 72.3 Å². The number of fused-ring (bicyclic) bond motifs is 10. The first-order valence-corrected chi connectivity index (χ1v) is 19.0. The van der Waals surface area contributed by atoms with Crippen LogP contribution < -0.4 is 4.90 Å². The molecule has 8 aromatic rings. The molecule has 54 heavy (non-hydrogen) atoms. The molecule has 0 unspecified atom stereocenters. The van der Waals surface area contributed by atoms with Crippen molar-refractivity contribution in [3.8, 4) is 44.5 Å². The van der Waals surface area contributed by atoms with E-state index in [4.69, 9.17) is 0 Å². The van der Waals surface area contributed by atoms with E-state index < -0.39 is 5.41 Å². The molecule has 0 saturated heterocycles. The zero-order valence-electron chi connectivity index (χ0n) is 30.9. The molecule has 0 aliphatic heterocycles. The Labute approximate surface area is 318 Å². The van der Waals surface area contributed by atoms with Crippen LogP contribution >= 0.6 is 0 Å². The number of rotatable bonds is 5. The Kier molecular flexibility index (Phi) is 7.35. The lowest BCUT2D eigenvalue weighted by atomic mass is 9.69. The molecule has 1 heteroatoms. The molecule has 1 nitrogen and oxygen atoms in total. The maximum absolute atomic E-state index is 2.51. The van der Waals surface area contributed by atoms with Gasteiger partial charge < -0.3 is 4.90 Å². The van der Waals surface area contributed by atoms with E-state index >= 15 is 0 Å². The van der Waals surface area contributed by atoms with Crippen molar-refractivity contribution in [2.45, 2.75) is 31.6 Å². The average Bonchev–Trinajstić information content (AvgIpc) is 3.68. The Morgan fingerprint density at radius 1 is 0.352 bits per heavy atom. The summed E-state index contributed by atoms with van der Waals surface area (Å²) in [7, 11) is 0. The molecule has 0 heterocycles. The van der Waals surface area contributed by atoms with Crippen molar-refractivity contribution in [1.82, 2.24) is 0 Å². The molecule has 1 spiro atoms. The van der Waals surface area contributed by atoms with Crippen molar-refractivity contribution in [3.05, 3.63) is 222 Å². The summed E-state index contributed by atoms with van der Waals surface area (Å²) in [5.74, 6) is 0. The van der Waals surface area contributed by atoms with Crippen molar-refractivity contribution < 1.29 is 0 Å². The van der Waals surface area contributed by atoms with Crippen LogP contribution in [-0.2, 0) is 10.8 Å². The standard InChI is InChI=1S/C53H41N/c1-52(2,3)39-28-32-45-46-33-31-41(35-50(46)53(49(45)34-39)47-23-13-10-21-43(47)44-22-11-14-24-48(44)53)54(40-29-26-37(27-30-40)36-16-6-4-7-17-36)51-25-15-12-20-42(51)38-18-8-5-9-19-38/h4-35H,1-3H3. The van der Waals surface area contributed by atoms with E-state index in [1.807, 2.05) is 0 Å². The number of anilines is 3. The topological polar surface area (TPSA) is 3.24 Å². The van der Waals surface area contributed by atoms with Crippen molar-refractivity contribution in [1.29, 1.82) is 0 Å². The Morgan fingerprint density at radius 3 is 1.44 bits per heavy atom. The lowest BCUT2D eigenvalue weighted by Gasteiger charge is -2.33. The Balaban J connectivity index is 1.25. The number of para-hydroxylation sites is 1. The quantitative estimate of drug-likeness (QED) is 0.174. The molecule has 0 bridgehead atoms. The van der Waals surface area contributed by atoms with Crippen LogP contribution in [0.5, 0.6) is 0 Å². The van der Waals surface area contributed by atoms with E-state index in [0.29, 0.717) is 0 Å². The third kappa shape index (κ3) is 4.85. The highest BCUT2D eigenvalue weighted by atomic mass is 15.1. The summed E-state index contributed by atoms with van der Waals surface area (Å²) in [5, 5.41) is 0. The van der Waals surface area contributed by atoms with Crippen LogP contribution in [0.3, 0.4) is 0 Å². The van der Waals surface area contributed by atoms with Crippen molar-refractivity contribution in [2.75, 3.05) is 4.90 Å². The highest BCUT2D eigenvalue weighted by molar-refractivity contribution is 5.97. The highest BCUT2D eigenvalue weighted by Gasteiger charge is 2.52. The highest BCUT2D eigenvalue weighted by Crippen LogP contribution is 2.63. The molecule has 0 amide bonds. The minimum atomic E-state index is -0.448. The van der Waals surface area contributed by atoms with Crippen LogP contribution in [0.2, 0.25) is 0 Å². The maximum Gasteiger partial charge on any atom is 0.0726 e. The minimum absolute atomic E-state index is 0.0116. The molecule has 0 aromatic heterocycles. The van der Waals surface area contributed by atoms with Crippen LogP contribution in [0.1, 0.15) is 48.6 Å². The third-order valence-corrected chi connectivity index (χ3v) is 11.7. The molecule has 0 atom stereocenters. The van der Waals surface area contributed by atoms with Gasteiger partial charge in [-0.25, -0.2) is 0 Å². The van der Waals surface area contributed by atoms with Gasteiger partial charge in [0, 0.05) is 16.9 Å². The zero-order valence-corrected chi connectivity index (χ0v) is 30.9. The van der Waals surface area contributed by atoms with Gasteiger partial charge in [-0.15, -0.1) is 0 Å². The third-order valence-electron chi connectivity index (χ3n) is 11.7. The van der Waals surface area contributed by atoms with Gasteiger partial charge in [0.1, 0.15) is 0 Å². The first-order valence-electron chi connectivity index (χ1n) is 19.0. The second kappa shape index (κ2) is 12.3. The normalized spacial score (nSPS) is 13.2. The summed E-state index contributed by atoms with van der Waals surface area (Å²) in [4.78, 5) is 2.46. The molecule has 2 aliphatic carbocycles.